The molecule has 0 fully saturated rings. The van der Waals surface area contributed by atoms with Crippen molar-refractivity contribution >= 4 is 60.7 Å². The van der Waals surface area contributed by atoms with E-state index in [-0.39, 0.29) is 5.41 Å². The van der Waals surface area contributed by atoms with Gasteiger partial charge in [-0.1, -0.05) is 159 Å². The molecule has 3 nitrogen and oxygen atoms in total. The highest BCUT2D eigenvalue weighted by atomic mass is 15.2. The molecule has 1 aliphatic heterocycles. The van der Waals surface area contributed by atoms with Gasteiger partial charge in [-0.05, 0) is 130 Å². The Labute approximate surface area is 384 Å². The zero-order valence-corrected chi connectivity index (χ0v) is 36.9. The maximum atomic E-state index is 2.47. The number of hydrogen-bond acceptors (Lipinski definition) is 1. The lowest BCUT2D eigenvalue weighted by Crippen LogP contribution is -2.30. The van der Waals surface area contributed by atoms with Crippen LogP contribution in [0.5, 0.6) is 0 Å². The van der Waals surface area contributed by atoms with Gasteiger partial charge in [0.25, 0.3) is 0 Å². The number of fused-ring (bicyclic) bond motifs is 8. The van der Waals surface area contributed by atoms with E-state index in [1.807, 2.05) is 0 Å². The third-order valence-corrected chi connectivity index (χ3v) is 14.0. The highest BCUT2D eigenvalue weighted by Gasteiger charge is 2.38. The lowest BCUT2D eigenvalue weighted by molar-refractivity contribution is 0.632. The molecule has 1 aliphatic rings. The zero-order chi connectivity index (χ0) is 43.9. The normalized spacial score (nSPS) is 13.1. The first-order chi connectivity index (χ1) is 32.5. The molecule has 0 amide bonds. The van der Waals surface area contributed by atoms with Crippen LogP contribution >= 0.6 is 0 Å². The molecular weight excluding hydrogens is 799 g/mol. The molecule has 12 aromatic rings. The summed E-state index contributed by atoms with van der Waals surface area (Å²) in [5.74, 6) is 0. The molecule has 312 valence electrons. The Bertz CT molecular complexity index is 3810. The van der Waals surface area contributed by atoms with Crippen molar-refractivity contribution in [2.24, 2.45) is 0 Å². The molecule has 0 N–H and O–H groups in total. The fourth-order valence-electron chi connectivity index (χ4n) is 10.9. The first-order valence-electron chi connectivity index (χ1n) is 22.9. The van der Waals surface area contributed by atoms with E-state index in [0.717, 1.165) is 17.1 Å². The van der Waals surface area contributed by atoms with Crippen LogP contribution in [0.3, 0.4) is 0 Å². The summed E-state index contributed by atoms with van der Waals surface area (Å²) in [5.41, 5.74) is 20.2. The van der Waals surface area contributed by atoms with E-state index in [2.05, 4.69) is 264 Å². The number of nitrogens with zero attached hydrogens (tertiary/aromatic N) is 3. The van der Waals surface area contributed by atoms with Gasteiger partial charge >= 0.3 is 0 Å². The van der Waals surface area contributed by atoms with Gasteiger partial charge in [0.2, 0.25) is 0 Å². The smallest absolute Gasteiger partial charge is 0.0619 e. The van der Waals surface area contributed by atoms with Crippen molar-refractivity contribution in [3.8, 4) is 44.8 Å². The van der Waals surface area contributed by atoms with Gasteiger partial charge in [0.1, 0.15) is 0 Å². The molecule has 0 spiro atoms. The SMILES string of the molecule is CC1(C)c2ccccc2N(c2ccccc2)c2cc3c4cc(-c5ccc6c(c5)c5cc(-c7ccccc7)cc(-c7ccccc7)c5n6-c5ccccc5)ccc4n(-c4ccccc4)c3cc21. The zero-order valence-electron chi connectivity index (χ0n) is 36.9. The van der Waals surface area contributed by atoms with E-state index in [1.54, 1.807) is 0 Å². The van der Waals surface area contributed by atoms with Crippen LogP contribution in [0.1, 0.15) is 25.0 Å². The summed E-state index contributed by atoms with van der Waals surface area (Å²) in [6, 6.07) is 87.0. The average molecular weight is 844 g/mol. The van der Waals surface area contributed by atoms with Crippen molar-refractivity contribution in [1.82, 2.24) is 9.13 Å². The Morgan fingerprint density at radius 3 is 1.42 bits per heavy atom. The predicted molar refractivity (Wildman–Crippen MR) is 278 cm³/mol. The number of anilines is 3. The highest BCUT2D eigenvalue weighted by molar-refractivity contribution is 6.17. The monoisotopic (exact) mass is 843 g/mol. The van der Waals surface area contributed by atoms with E-state index >= 15 is 0 Å². The molecule has 0 unspecified atom stereocenters. The summed E-state index contributed by atoms with van der Waals surface area (Å²) in [4.78, 5) is 2.47. The molecule has 0 bridgehead atoms. The van der Waals surface area contributed by atoms with Gasteiger partial charge in [-0.3, -0.25) is 0 Å². The van der Waals surface area contributed by atoms with Crippen molar-refractivity contribution < 1.29 is 0 Å². The van der Waals surface area contributed by atoms with Crippen LogP contribution in [0.4, 0.5) is 17.1 Å². The lowest BCUT2D eigenvalue weighted by atomic mass is 9.73. The van der Waals surface area contributed by atoms with Gasteiger partial charge in [0, 0.05) is 49.6 Å². The summed E-state index contributed by atoms with van der Waals surface area (Å²) in [6.45, 7) is 4.76. The van der Waals surface area contributed by atoms with Crippen molar-refractivity contribution in [1.29, 1.82) is 0 Å². The Morgan fingerprint density at radius 1 is 0.303 bits per heavy atom. The van der Waals surface area contributed by atoms with Crippen LogP contribution in [0.2, 0.25) is 0 Å². The van der Waals surface area contributed by atoms with E-state index in [1.165, 1.54) is 99.5 Å². The second kappa shape index (κ2) is 14.8. The van der Waals surface area contributed by atoms with Crippen molar-refractivity contribution in [2.45, 2.75) is 19.3 Å². The Balaban J connectivity index is 1.08. The standard InChI is InChI=1S/C63H45N3/c1-63(2)55-30-18-19-31-59(55)65(48-26-14-6-15-27-48)61-40-53-51-36-44(32-34-57(51)64(60(53)41-56(61)63)47-24-12-5-13-25-47)45-33-35-58-52(37-45)54-39-46(42-20-8-3-9-21-42)38-50(43-22-10-4-11-23-43)62(54)66(58)49-28-16-7-17-29-49/h3-41H,1-2H3. The van der Waals surface area contributed by atoms with Gasteiger partial charge in [0.15, 0.2) is 0 Å². The number of benzene rings is 10. The topological polar surface area (TPSA) is 13.1 Å². The molecule has 0 atom stereocenters. The molecule has 0 aliphatic carbocycles. The largest absolute Gasteiger partial charge is 0.310 e. The number of rotatable bonds is 6. The van der Waals surface area contributed by atoms with Gasteiger partial charge in [0.05, 0.1) is 33.4 Å². The number of hydrogen-bond donors (Lipinski definition) is 0. The van der Waals surface area contributed by atoms with Gasteiger partial charge in [-0.25, -0.2) is 0 Å². The highest BCUT2D eigenvalue weighted by Crippen LogP contribution is 2.54. The number of para-hydroxylation sites is 4. The summed E-state index contributed by atoms with van der Waals surface area (Å²) in [6.07, 6.45) is 0. The average Bonchev–Trinajstić information content (AvgIpc) is 3.89. The summed E-state index contributed by atoms with van der Waals surface area (Å²) < 4.78 is 4.93. The van der Waals surface area contributed by atoms with E-state index < -0.39 is 0 Å². The van der Waals surface area contributed by atoms with Crippen LogP contribution in [-0.2, 0) is 5.41 Å². The fraction of sp³-hybridized carbons (Fsp3) is 0.0476. The predicted octanol–water partition coefficient (Wildman–Crippen LogP) is 17.0. The molecule has 0 saturated heterocycles. The van der Waals surface area contributed by atoms with Crippen LogP contribution in [0.15, 0.2) is 237 Å². The third kappa shape index (κ3) is 5.83. The molecular formula is C63H45N3. The summed E-state index contributed by atoms with van der Waals surface area (Å²) in [5, 5.41) is 4.91. The molecule has 2 aromatic heterocycles. The summed E-state index contributed by atoms with van der Waals surface area (Å²) in [7, 11) is 0. The Kier molecular flexibility index (Phi) is 8.56. The second-order valence-corrected chi connectivity index (χ2v) is 18.2. The van der Waals surface area contributed by atoms with Crippen LogP contribution in [0, 0.1) is 0 Å². The Hall–Kier alpha value is -8.40. The van der Waals surface area contributed by atoms with Crippen molar-refractivity contribution in [3.05, 3.63) is 248 Å². The quantitative estimate of drug-likeness (QED) is 0.163. The molecule has 10 aromatic carbocycles. The first-order valence-corrected chi connectivity index (χ1v) is 22.9. The third-order valence-electron chi connectivity index (χ3n) is 14.0. The molecule has 0 saturated carbocycles. The molecule has 3 heterocycles. The minimum atomic E-state index is -0.233. The number of aromatic nitrogens is 2. The van der Waals surface area contributed by atoms with Gasteiger partial charge < -0.3 is 14.0 Å². The maximum Gasteiger partial charge on any atom is 0.0619 e. The fourth-order valence-corrected chi connectivity index (χ4v) is 10.9. The van der Waals surface area contributed by atoms with E-state index in [0.29, 0.717) is 0 Å². The van der Waals surface area contributed by atoms with E-state index in [9.17, 15) is 0 Å². The van der Waals surface area contributed by atoms with Crippen molar-refractivity contribution in [3.63, 3.8) is 0 Å². The summed E-state index contributed by atoms with van der Waals surface area (Å²) >= 11 is 0. The van der Waals surface area contributed by atoms with Gasteiger partial charge in [-0.2, -0.15) is 0 Å². The maximum absolute atomic E-state index is 2.47. The molecule has 66 heavy (non-hydrogen) atoms. The Morgan fingerprint density at radius 2 is 0.788 bits per heavy atom. The molecule has 3 heteroatoms. The second-order valence-electron chi connectivity index (χ2n) is 18.2. The minimum absolute atomic E-state index is 0.233. The molecule has 0 radical (unpaired) electrons. The van der Waals surface area contributed by atoms with Gasteiger partial charge in [-0.15, -0.1) is 0 Å². The van der Waals surface area contributed by atoms with Crippen LogP contribution in [0.25, 0.3) is 88.4 Å². The molecule has 13 rings (SSSR count). The lowest BCUT2D eigenvalue weighted by Gasteiger charge is -2.42. The van der Waals surface area contributed by atoms with E-state index in [4.69, 9.17) is 0 Å². The van der Waals surface area contributed by atoms with Crippen LogP contribution in [-0.4, -0.2) is 9.13 Å². The van der Waals surface area contributed by atoms with Crippen molar-refractivity contribution in [2.75, 3.05) is 4.90 Å². The van der Waals surface area contributed by atoms with Crippen LogP contribution < -0.4 is 4.90 Å². The first kappa shape index (κ1) is 38.1. The minimum Gasteiger partial charge on any atom is -0.310 e.